The predicted molar refractivity (Wildman–Crippen MR) is 128 cm³/mol. The van der Waals surface area contributed by atoms with Crippen molar-refractivity contribution in [2.75, 3.05) is 29.8 Å². The van der Waals surface area contributed by atoms with Gasteiger partial charge in [-0.2, -0.15) is 0 Å². The van der Waals surface area contributed by atoms with Crippen LogP contribution in [0.3, 0.4) is 0 Å². The number of halogens is 3. The van der Waals surface area contributed by atoms with Gasteiger partial charge in [0.15, 0.2) is 5.82 Å². The third kappa shape index (κ3) is 5.13. The number of likely N-dealkylation sites (tertiary alicyclic amines) is 1. The first-order valence-corrected chi connectivity index (χ1v) is 13.1. The Kier molecular flexibility index (Phi) is 6.90. The van der Waals surface area contributed by atoms with Gasteiger partial charge in [0.25, 0.3) is 10.0 Å². The van der Waals surface area contributed by atoms with Gasteiger partial charge in [-0.25, -0.2) is 22.2 Å². The Morgan fingerprint density at radius 3 is 2.85 bits per heavy atom. The van der Waals surface area contributed by atoms with Gasteiger partial charge in [-0.05, 0) is 25.0 Å². The third-order valence-electron chi connectivity index (χ3n) is 5.80. The molecular weight excluding hydrogens is 490 g/mol. The molecule has 2 aromatic carbocycles. The standard InChI is InChI=1S/C22H23ClF2N4O2S2/c1-14-4-3-5-15(22(14)25)10-29-7-6-16(11-29)28(2)19-9-18(24)20(8-17(19)23)33(30,31)27-21-12-32-13-26-21/h3-5,8-9,12-13,16,27H,6-7,10-11H2,1-2H3. The molecular formula is C22H23ClF2N4O2S2. The highest BCUT2D eigenvalue weighted by atomic mass is 35.5. The molecule has 4 rings (SSSR count). The van der Waals surface area contributed by atoms with Crippen molar-refractivity contribution in [1.29, 1.82) is 0 Å². The predicted octanol–water partition coefficient (Wildman–Crippen LogP) is 4.89. The number of rotatable bonds is 7. The molecule has 0 spiro atoms. The number of likely N-dealkylation sites (N-methyl/N-ethyl adjacent to an activating group) is 1. The molecule has 176 valence electrons. The van der Waals surface area contributed by atoms with Crippen LogP contribution in [0.4, 0.5) is 20.3 Å². The van der Waals surface area contributed by atoms with Crippen molar-refractivity contribution in [2.24, 2.45) is 0 Å². The van der Waals surface area contributed by atoms with Crippen molar-refractivity contribution in [3.05, 3.63) is 69.0 Å². The van der Waals surface area contributed by atoms with Gasteiger partial charge in [0.05, 0.1) is 16.2 Å². The van der Waals surface area contributed by atoms with Gasteiger partial charge in [0.1, 0.15) is 16.5 Å². The lowest BCUT2D eigenvalue weighted by Crippen LogP contribution is -2.34. The van der Waals surface area contributed by atoms with Crippen LogP contribution < -0.4 is 9.62 Å². The second-order valence-electron chi connectivity index (χ2n) is 8.05. The molecule has 1 N–H and O–H groups in total. The molecule has 1 aromatic heterocycles. The maximum Gasteiger partial charge on any atom is 0.266 e. The Labute approximate surface area is 200 Å². The van der Waals surface area contributed by atoms with Gasteiger partial charge in [-0.3, -0.25) is 9.62 Å². The number of sulfonamides is 1. The van der Waals surface area contributed by atoms with E-state index < -0.39 is 20.7 Å². The van der Waals surface area contributed by atoms with Gasteiger partial charge in [0, 0.05) is 49.7 Å². The monoisotopic (exact) mass is 512 g/mol. The van der Waals surface area contributed by atoms with E-state index >= 15 is 0 Å². The number of nitrogens with one attached hydrogen (secondary N) is 1. The summed E-state index contributed by atoms with van der Waals surface area (Å²) in [5, 5.41) is 1.63. The normalized spacial score (nSPS) is 16.8. The lowest BCUT2D eigenvalue weighted by atomic mass is 10.1. The van der Waals surface area contributed by atoms with Crippen LogP contribution in [0.25, 0.3) is 0 Å². The second kappa shape index (κ2) is 9.54. The number of benzene rings is 2. The van der Waals surface area contributed by atoms with Crippen LogP contribution in [0, 0.1) is 18.6 Å². The lowest BCUT2D eigenvalue weighted by molar-refractivity contribution is 0.320. The van der Waals surface area contributed by atoms with Crippen molar-refractivity contribution < 1.29 is 17.2 Å². The second-order valence-corrected chi connectivity index (χ2v) is 10.8. The van der Waals surface area contributed by atoms with Crippen molar-refractivity contribution in [2.45, 2.75) is 30.8 Å². The minimum Gasteiger partial charge on any atom is -0.369 e. The zero-order valence-electron chi connectivity index (χ0n) is 18.1. The summed E-state index contributed by atoms with van der Waals surface area (Å²) in [7, 11) is -2.38. The summed E-state index contributed by atoms with van der Waals surface area (Å²) in [5.74, 6) is -0.976. The summed E-state index contributed by atoms with van der Waals surface area (Å²) in [4.78, 5) is 7.31. The number of hydrogen-bond acceptors (Lipinski definition) is 6. The van der Waals surface area contributed by atoms with E-state index in [1.54, 1.807) is 26.1 Å². The van der Waals surface area contributed by atoms with E-state index in [1.807, 2.05) is 11.0 Å². The van der Waals surface area contributed by atoms with E-state index in [9.17, 15) is 17.2 Å². The molecule has 1 aliphatic rings. The summed E-state index contributed by atoms with van der Waals surface area (Å²) in [6, 6.07) is 7.64. The van der Waals surface area contributed by atoms with Crippen molar-refractivity contribution >= 4 is 44.5 Å². The first-order chi connectivity index (χ1) is 15.7. The average molecular weight is 513 g/mol. The summed E-state index contributed by atoms with van der Waals surface area (Å²) < 4.78 is 56.7. The molecule has 1 aliphatic heterocycles. The Bertz CT molecular complexity index is 1260. The van der Waals surface area contributed by atoms with Crippen molar-refractivity contribution in [3.63, 3.8) is 0 Å². The molecule has 11 heteroatoms. The minimum absolute atomic E-state index is 0.0189. The molecule has 1 saturated heterocycles. The van der Waals surface area contributed by atoms with Crippen molar-refractivity contribution in [1.82, 2.24) is 9.88 Å². The maximum absolute atomic E-state index is 14.9. The molecule has 2 heterocycles. The van der Waals surface area contributed by atoms with E-state index in [-0.39, 0.29) is 22.7 Å². The molecule has 0 aliphatic carbocycles. The quantitative estimate of drug-likeness (QED) is 0.488. The topological polar surface area (TPSA) is 65.5 Å². The van der Waals surface area contributed by atoms with Gasteiger partial charge in [-0.1, -0.05) is 29.8 Å². The Hall–Kier alpha value is -2.27. The van der Waals surface area contributed by atoms with Crippen LogP contribution in [0.2, 0.25) is 5.02 Å². The largest absolute Gasteiger partial charge is 0.369 e. The summed E-state index contributed by atoms with van der Waals surface area (Å²) in [6.45, 7) is 3.63. The summed E-state index contributed by atoms with van der Waals surface area (Å²) in [6.07, 6.45) is 0.785. The SMILES string of the molecule is Cc1cccc(CN2CCC(N(C)c3cc(F)c(S(=O)(=O)Nc4cscn4)cc3Cl)C2)c1F. The van der Waals surface area contributed by atoms with E-state index in [0.29, 0.717) is 29.9 Å². The fraction of sp³-hybridized carbons (Fsp3) is 0.318. The van der Waals surface area contributed by atoms with E-state index in [1.165, 1.54) is 22.2 Å². The van der Waals surface area contributed by atoms with E-state index in [2.05, 4.69) is 14.6 Å². The molecule has 1 fully saturated rings. The smallest absolute Gasteiger partial charge is 0.266 e. The third-order valence-corrected chi connectivity index (χ3v) is 8.06. The Morgan fingerprint density at radius 2 is 2.12 bits per heavy atom. The number of anilines is 2. The van der Waals surface area contributed by atoms with Crippen LogP contribution in [0.15, 0.2) is 46.1 Å². The number of nitrogens with zero attached hydrogens (tertiary/aromatic N) is 3. The van der Waals surface area contributed by atoms with Gasteiger partial charge in [0.2, 0.25) is 0 Å². The number of aromatic nitrogens is 1. The minimum atomic E-state index is -4.18. The summed E-state index contributed by atoms with van der Waals surface area (Å²) in [5.41, 5.74) is 3.12. The molecule has 3 aromatic rings. The Morgan fingerprint density at radius 1 is 1.33 bits per heavy atom. The first-order valence-electron chi connectivity index (χ1n) is 10.2. The summed E-state index contributed by atoms with van der Waals surface area (Å²) >= 11 is 7.61. The van der Waals surface area contributed by atoms with Crippen LogP contribution in [0.5, 0.6) is 0 Å². The molecule has 0 saturated carbocycles. The molecule has 0 bridgehead atoms. The van der Waals surface area contributed by atoms with E-state index in [4.69, 9.17) is 11.6 Å². The molecule has 0 amide bonds. The molecule has 0 radical (unpaired) electrons. The highest BCUT2D eigenvalue weighted by molar-refractivity contribution is 7.92. The molecule has 33 heavy (non-hydrogen) atoms. The fourth-order valence-electron chi connectivity index (χ4n) is 3.99. The van der Waals surface area contributed by atoms with Gasteiger partial charge < -0.3 is 4.90 Å². The Balaban J connectivity index is 1.49. The van der Waals surface area contributed by atoms with Crippen molar-refractivity contribution in [3.8, 4) is 0 Å². The number of thiazole rings is 1. The highest BCUT2D eigenvalue weighted by Gasteiger charge is 2.29. The number of aryl methyl sites for hydroxylation is 1. The lowest BCUT2D eigenvalue weighted by Gasteiger charge is -2.28. The molecule has 6 nitrogen and oxygen atoms in total. The fourth-order valence-corrected chi connectivity index (χ4v) is 6.00. The zero-order chi connectivity index (χ0) is 23.8. The maximum atomic E-state index is 14.9. The van der Waals surface area contributed by atoms with Gasteiger partial charge >= 0.3 is 0 Å². The van der Waals surface area contributed by atoms with Gasteiger partial charge in [-0.15, -0.1) is 11.3 Å². The van der Waals surface area contributed by atoms with Crippen LogP contribution >= 0.6 is 22.9 Å². The molecule has 1 unspecified atom stereocenters. The van der Waals surface area contributed by atoms with Crippen LogP contribution in [-0.2, 0) is 16.6 Å². The van der Waals surface area contributed by atoms with Crippen LogP contribution in [0.1, 0.15) is 17.5 Å². The highest BCUT2D eigenvalue weighted by Crippen LogP contribution is 2.34. The van der Waals surface area contributed by atoms with Crippen LogP contribution in [-0.4, -0.2) is 44.5 Å². The van der Waals surface area contributed by atoms with E-state index in [0.717, 1.165) is 25.1 Å². The zero-order valence-corrected chi connectivity index (χ0v) is 20.4. The molecule has 1 atom stereocenters. The number of hydrogen-bond donors (Lipinski definition) is 1. The average Bonchev–Trinajstić information content (AvgIpc) is 3.44. The first kappa shape index (κ1) is 23.9.